The lowest BCUT2D eigenvalue weighted by Crippen LogP contribution is -2.28. The maximum Gasteiger partial charge on any atom is 0.328 e. The minimum atomic E-state index is -0.959. The molecular formula is C13H18O3. The van der Waals surface area contributed by atoms with Gasteiger partial charge in [0.25, 0.3) is 0 Å². The Morgan fingerprint density at radius 3 is 2.25 bits per heavy atom. The molecule has 1 fully saturated rings. The Labute approximate surface area is 95.8 Å². The van der Waals surface area contributed by atoms with E-state index in [1.54, 1.807) is 24.3 Å². The Bertz CT molecular complexity index is 307. The lowest BCUT2D eigenvalue weighted by molar-refractivity contribution is -0.131. The molecule has 0 aromatic heterocycles. The summed E-state index contributed by atoms with van der Waals surface area (Å²) in [4.78, 5) is 10.2. The smallest absolute Gasteiger partial charge is 0.328 e. The average Bonchev–Trinajstić information content (AvgIpc) is 2.24. The van der Waals surface area contributed by atoms with Crippen molar-refractivity contribution in [3.63, 3.8) is 0 Å². The summed E-state index contributed by atoms with van der Waals surface area (Å²) in [6.45, 7) is 0. The number of aliphatic hydroxyl groups is 1. The van der Waals surface area contributed by atoms with Crippen LogP contribution in [0, 0.1) is 0 Å². The fourth-order valence-electron chi connectivity index (χ4n) is 1.83. The molecule has 1 aliphatic rings. The second-order valence-electron chi connectivity index (χ2n) is 4.11. The first-order valence-corrected chi connectivity index (χ1v) is 5.60. The number of hydrogen-bond acceptors (Lipinski definition) is 2. The molecule has 0 aromatic carbocycles. The molecule has 3 nitrogen and oxygen atoms in total. The molecule has 0 bridgehead atoms. The summed E-state index contributed by atoms with van der Waals surface area (Å²) in [6, 6.07) is 0. The lowest BCUT2D eigenvalue weighted by Gasteiger charge is -2.28. The van der Waals surface area contributed by atoms with Crippen LogP contribution in [0.3, 0.4) is 0 Å². The largest absolute Gasteiger partial charge is 0.478 e. The van der Waals surface area contributed by atoms with Gasteiger partial charge >= 0.3 is 5.97 Å². The monoisotopic (exact) mass is 222 g/mol. The highest BCUT2D eigenvalue weighted by molar-refractivity contribution is 5.80. The van der Waals surface area contributed by atoms with Crippen LogP contribution in [0.2, 0.25) is 0 Å². The predicted molar refractivity (Wildman–Crippen MR) is 63.1 cm³/mol. The van der Waals surface area contributed by atoms with E-state index in [9.17, 15) is 9.90 Å². The second kappa shape index (κ2) is 6.28. The van der Waals surface area contributed by atoms with Crippen molar-refractivity contribution < 1.29 is 15.0 Å². The molecule has 16 heavy (non-hydrogen) atoms. The Morgan fingerprint density at radius 2 is 1.62 bits per heavy atom. The lowest BCUT2D eigenvalue weighted by atomic mass is 9.85. The molecule has 0 heterocycles. The van der Waals surface area contributed by atoms with E-state index >= 15 is 0 Å². The summed E-state index contributed by atoms with van der Waals surface area (Å²) in [5.74, 6) is -0.959. The van der Waals surface area contributed by atoms with Crippen molar-refractivity contribution in [3.8, 4) is 0 Å². The van der Waals surface area contributed by atoms with Gasteiger partial charge in [0, 0.05) is 6.08 Å². The number of aliphatic carboxylic acids is 1. The fraction of sp³-hybridized carbons (Fsp3) is 0.462. The molecule has 0 unspecified atom stereocenters. The Morgan fingerprint density at radius 1 is 1.00 bits per heavy atom. The molecule has 0 atom stereocenters. The zero-order valence-corrected chi connectivity index (χ0v) is 9.30. The average molecular weight is 222 g/mol. The number of allylic oxidation sites excluding steroid dienone is 4. The first-order valence-electron chi connectivity index (χ1n) is 5.60. The van der Waals surface area contributed by atoms with Gasteiger partial charge in [0.05, 0.1) is 5.60 Å². The summed E-state index contributed by atoms with van der Waals surface area (Å²) >= 11 is 0. The highest BCUT2D eigenvalue weighted by Gasteiger charge is 2.25. The summed E-state index contributed by atoms with van der Waals surface area (Å²) < 4.78 is 0. The number of rotatable bonds is 4. The molecule has 1 rings (SSSR count). The van der Waals surface area contributed by atoms with Crippen molar-refractivity contribution in [1.29, 1.82) is 0 Å². The predicted octanol–water partition coefficient (Wildman–Crippen LogP) is 2.43. The minimum Gasteiger partial charge on any atom is -0.478 e. The van der Waals surface area contributed by atoms with Gasteiger partial charge in [0.15, 0.2) is 0 Å². The highest BCUT2D eigenvalue weighted by Crippen LogP contribution is 2.28. The molecule has 1 aliphatic carbocycles. The molecule has 3 heteroatoms. The van der Waals surface area contributed by atoms with E-state index in [2.05, 4.69) is 0 Å². The molecule has 0 amide bonds. The van der Waals surface area contributed by atoms with Crippen LogP contribution in [0.5, 0.6) is 0 Å². The standard InChI is InChI=1S/C13H18O3/c14-12(15)8-4-1-2-5-9-13(16)10-6-3-7-11-13/h1-2,4-5,8-9,16H,3,6-7,10-11H2,(H,14,15)/b2-1+,8-4+,9-5+. The number of carbonyl (C=O) groups is 1. The van der Waals surface area contributed by atoms with Crippen LogP contribution in [0.1, 0.15) is 32.1 Å². The summed E-state index contributed by atoms with van der Waals surface area (Å²) in [5, 5.41) is 18.4. The van der Waals surface area contributed by atoms with Gasteiger partial charge in [0.1, 0.15) is 0 Å². The van der Waals surface area contributed by atoms with Gasteiger partial charge in [-0.3, -0.25) is 0 Å². The van der Waals surface area contributed by atoms with Gasteiger partial charge in [-0.25, -0.2) is 4.79 Å². The fourth-order valence-corrected chi connectivity index (χ4v) is 1.83. The van der Waals surface area contributed by atoms with Crippen molar-refractivity contribution in [2.75, 3.05) is 0 Å². The SMILES string of the molecule is O=C(O)/C=C/C=C/C=C/C1(O)CCCCC1. The molecule has 88 valence electrons. The van der Waals surface area contributed by atoms with Crippen molar-refractivity contribution in [1.82, 2.24) is 0 Å². The summed E-state index contributed by atoms with van der Waals surface area (Å²) in [5.41, 5.74) is -0.654. The number of hydrogen-bond donors (Lipinski definition) is 2. The van der Waals surface area contributed by atoms with Crippen LogP contribution >= 0.6 is 0 Å². The first-order chi connectivity index (χ1) is 7.62. The van der Waals surface area contributed by atoms with Gasteiger partial charge in [-0.05, 0) is 12.8 Å². The van der Waals surface area contributed by atoms with E-state index in [0.717, 1.165) is 31.8 Å². The zero-order valence-electron chi connectivity index (χ0n) is 9.30. The molecule has 2 N–H and O–H groups in total. The van der Waals surface area contributed by atoms with Crippen LogP contribution in [0.4, 0.5) is 0 Å². The number of carboxylic acids is 1. The topological polar surface area (TPSA) is 57.5 Å². The van der Waals surface area contributed by atoms with Crippen LogP contribution in [0.15, 0.2) is 36.5 Å². The molecule has 0 spiro atoms. The third-order valence-corrected chi connectivity index (χ3v) is 2.70. The zero-order chi connectivity index (χ0) is 11.9. The quantitative estimate of drug-likeness (QED) is 0.567. The highest BCUT2D eigenvalue weighted by atomic mass is 16.4. The van der Waals surface area contributed by atoms with Gasteiger partial charge in [-0.2, -0.15) is 0 Å². The summed E-state index contributed by atoms with van der Waals surface area (Å²) in [6.07, 6.45) is 14.5. The molecular weight excluding hydrogens is 204 g/mol. The van der Waals surface area contributed by atoms with Gasteiger partial charge in [-0.15, -0.1) is 0 Å². The van der Waals surface area contributed by atoms with Crippen LogP contribution in [-0.4, -0.2) is 21.8 Å². The van der Waals surface area contributed by atoms with Gasteiger partial charge in [-0.1, -0.05) is 49.6 Å². The molecule has 0 radical (unpaired) electrons. The Balaban J connectivity index is 2.38. The van der Waals surface area contributed by atoms with Crippen LogP contribution in [-0.2, 0) is 4.79 Å². The van der Waals surface area contributed by atoms with E-state index in [1.807, 2.05) is 0 Å². The van der Waals surface area contributed by atoms with E-state index in [0.29, 0.717) is 0 Å². The van der Waals surface area contributed by atoms with E-state index in [1.165, 1.54) is 12.5 Å². The van der Waals surface area contributed by atoms with Crippen molar-refractivity contribution in [3.05, 3.63) is 36.5 Å². The summed E-state index contributed by atoms with van der Waals surface area (Å²) in [7, 11) is 0. The minimum absolute atomic E-state index is 0.654. The van der Waals surface area contributed by atoms with Crippen molar-refractivity contribution in [2.24, 2.45) is 0 Å². The van der Waals surface area contributed by atoms with Crippen LogP contribution < -0.4 is 0 Å². The second-order valence-corrected chi connectivity index (χ2v) is 4.11. The molecule has 1 saturated carbocycles. The maximum atomic E-state index is 10.2. The normalized spacial score (nSPS) is 21.1. The third kappa shape index (κ3) is 4.94. The van der Waals surface area contributed by atoms with E-state index < -0.39 is 11.6 Å². The Hall–Kier alpha value is -1.35. The van der Waals surface area contributed by atoms with Crippen molar-refractivity contribution >= 4 is 5.97 Å². The molecule has 0 aliphatic heterocycles. The van der Waals surface area contributed by atoms with Crippen molar-refractivity contribution in [2.45, 2.75) is 37.7 Å². The van der Waals surface area contributed by atoms with Gasteiger partial charge < -0.3 is 10.2 Å². The molecule has 0 saturated heterocycles. The van der Waals surface area contributed by atoms with Gasteiger partial charge in [0.2, 0.25) is 0 Å². The molecule has 0 aromatic rings. The first kappa shape index (κ1) is 12.7. The third-order valence-electron chi connectivity index (χ3n) is 2.70. The van der Waals surface area contributed by atoms with Crippen LogP contribution in [0.25, 0.3) is 0 Å². The maximum absolute atomic E-state index is 10.2. The number of carboxylic acid groups (broad SMARTS) is 1. The Kier molecular flexibility index (Phi) is 4.99. The van der Waals surface area contributed by atoms with E-state index in [-0.39, 0.29) is 0 Å². The van der Waals surface area contributed by atoms with E-state index in [4.69, 9.17) is 5.11 Å².